The largest absolute Gasteiger partial charge is 0.493 e. The zero-order valence-electron chi connectivity index (χ0n) is 25.0. The minimum absolute atomic E-state index is 0.0542. The fraction of sp³-hybridized carbons (Fsp3) is 0.344. The number of nitrogens with zero attached hydrogens (tertiary/aromatic N) is 2. The maximum Gasteiger partial charge on any atom is 0.416 e. The number of alkyl halides is 3. The highest BCUT2D eigenvalue weighted by atomic mass is 35.5. The molecule has 2 amide bonds. The topological polar surface area (TPSA) is 85.2 Å². The van der Waals surface area contributed by atoms with Gasteiger partial charge < -0.3 is 19.9 Å². The van der Waals surface area contributed by atoms with Gasteiger partial charge in [-0.15, -0.1) is 0 Å². The molecule has 0 fully saturated rings. The lowest BCUT2D eigenvalue weighted by Gasteiger charge is -2.18. The van der Waals surface area contributed by atoms with Crippen LogP contribution in [0.25, 0.3) is 11.0 Å². The van der Waals surface area contributed by atoms with Gasteiger partial charge in [0, 0.05) is 43.1 Å². The molecule has 0 aliphatic heterocycles. The van der Waals surface area contributed by atoms with E-state index in [4.69, 9.17) is 32.9 Å². The number of nitrogens with one attached hydrogen (secondary N) is 2. The number of aromatic nitrogens is 2. The van der Waals surface area contributed by atoms with Gasteiger partial charge in [-0.25, -0.2) is 4.98 Å². The minimum atomic E-state index is -4.55. The summed E-state index contributed by atoms with van der Waals surface area (Å²) in [5.74, 6) is 0.146. The molecule has 234 valence electrons. The lowest BCUT2D eigenvalue weighted by Crippen LogP contribution is -2.34. The highest BCUT2D eigenvalue weighted by Crippen LogP contribution is 2.34. The Labute approximate surface area is 263 Å². The van der Waals surface area contributed by atoms with Gasteiger partial charge in [0.1, 0.15) is 11.6 Å². The molecule has 0 saturated carbocycles. The number of imidazole rings is 1. The van der Waals surface area contributed by atoms with Gasteiger partial charge in [0.15, 0.2) is 0 Å². The lowest BCUT2D eigenvalue weighted by atomic mass is 9.95. The predicted octanol–water partition coefficient (Wildman–Crippen LogP) is 7.48. The molecule has 2 N–H and O–H groups in total. The summed E-state index contributed by atoms with van der Waals surface area (Å²) in [7, 11) is 1.81. The van der Waals surface area contributed by atoms with Crippen molar-refractivity contribution in [1.29, 1.82) is 0 Å². The van der Waals surface area contributed by atoms with E-state index in [-0.39, 0.29) is 48.9 Å². The van der Waals surface area contributed by atoms with Crippen molar-refractivity contribution in [2.75, 3.05) is 6.61 Å². The summed E-state index contributed by atoms with van der Waals surface area (Å²) in [5.41, 5.74) is 1.19. The molecule has 0 atom stereocenters. The molecule has 4 rings (SSSR count). The van der Waals surface area contributed by atoms with Crippen molar-refractivity contribution in [3.8, 4) is 5.75 Å². The number of carbonyl (C=O) groups excluding carboxylic acids is 2. The Hall–Kier alpha value is -3.76. The molecule has 44 heavy (non-hydrogen) atoms. The van der Waals surface area contributed by atoms with Crippen molar-refractivity contribution < 1.29 is 27.5 Å². The highest BCUT2D eigenvalue weighted by Gasteiger charge is 2.33. The first-order valence-electron chi connectivity index (χ1n) is 13.9. The fourth-order valence-electron chi connectivity index (χ4n) is 4.64. The summed E-state index contributed by atoms with van der Waals surface area (Å²) >= 11 is 13.3. The summed E-state index contributed by atoms with van der Waals surface area (Å²) < 4.78 is 47.9. The van der Waals surface area contributed by atoms with Crippen LogP contribution in [0.3, 0.4) is 0 Å². The van der Waals surface area contributed by atoms with Crippen molar-refractivity contribution in [1.82, 2.24) is 20.2 Å². The molecule has 7 nitrogen and oxygen atoms in total. The van der Waals surface area contributed by atoms with E-state index >= 15 is 0 Å². The average Bonchev–Trinajstić information content (AvgIpc) is 3.26. The second-order valence-electron chi connectivity index (χ2n) is 11.3. The molecule has 4 aromatic rings. The van der Waals surface area contributed by atoms with E-state index in [1.54, 1.807) is 31.2 Å². The molecule has 0 aliphatic rings. The van der Waals surface area contributed by atoms with Gasteiger partial charge in [0.25, 0.3) is 5.91 Å². The second-order valence-corrected chi connectivity index (χ2v) is 12.1. The number of fused-ring (bicyclic) bond motifs is 1. The number of hydrogen-bond donors (Lipinski definition) is 2. The Bertz CT molecular complexity index is 1710. The van der Waals surface area contributed by atoms with Crippen molar-refractivity contribution in [2.45, 2.75) is 53.4 Å². The number of carbonyl (C=O) groups is 2. The van der Waals surface area contributed by atoms with E-state index in [0.29, 0.717) is 38.0 Å². The van der Waals surface area contributed by atoms with E-state index < -0.39 is 23.1 Å². The van der Waals surface area contributed by atoms with Gasteiger partial charge >= 0.3 is 6.18 Å². The third-order valence-corrected chi connectivity index (χ3v) is 7.93. The van der Waals surface area contributed by atoms with Crippen LogP contribution >= 0.6 is 23.2 Å². The third kappa shape index (κ3) is 7.30. The second kappa shape index (κ2) is 13.1. The Morgan fingerprint density at radius 1 is 0.977 bits per heavy atom. The smallest absolute Gasteiger partial charge is 0.416 e. The quantitative estimate of drug-likeness (QED) is 0.197. The van der Waals surface area contributed by atoms with Gasteiger partial charge in [-0.05, 0) is 41.8 Å². The molecule has 1 aromatic heterocycles. The predicted molar refractivity (Wildman–Crippen MR) is 165 cm³/mol. The number of aryl methyl sites for hydroxylation is 1. The summed E-state index contributed by atoms with van der Waals surface area (Å²) in [5, 5.41) is 6.32. The minimum Gasteiger partial charge on any atom is -0.493 e. The van der Waals surface area contributed by atoms with Gasteiger partial charge in [0.2, 0.25) is 5.91 Å². The molecular weight excluding hydrogens is 616 g/mol. The number of benzene rings is 3. The van der Waals surface area contributed by atoms with Gasteiger partial charge in [-0.2, -0.15) is 13.2 Å². The van der Waals surface area contributed by atoms with E-state index in [9.17, 15) is 22.8 Å². The molecule has 0 radical (unpaired) electrons. The number of rotatable bonds is 9. The van der Waals surface area contributed by atoms with Gasteiger partial charge in [-0.1, -0.05) is 68.2 Å². The molecule has 0 unspecified atom stereocenters. The van der Waals surface area contributed by atoms with E-state index in [1.807, 2.05) is 32.4 Å². The maximum absolute atomic E-state index is 13.4. The zero-order chi connectivity index (χ0) is 32.4. The first kappa shape index (κ1) is 33.1. The molecule has 0 aliphatic carbocycles. The Morgan fingerprint density at radius 2 is 1.66 bits per heavy atom. The van der Waals surface area contributed by atoms with Crippen molar-refractivity contribution in [2.24, 2.45) is 12.5 Å². The van der Waals surface area contributed by atoms with E-state index in [0.717, 1.165) is 6.07 Å². The fourth-order valence-corrected chi connectivity index (χ4v) is 5.22. The average molecular weight is 650 g/mol. The SMILES string of the molecule is CCOc1cc2c(cc1C(=O)NCc1ccccc1C(F)(F)F)nc(Cc1c(Cl)ccc(CNC(=O)C(C)(C)C)c1Cl)n2C. The molecule has 0 bridgehead atoms. The molecule has 0 saturated heterocycles. The molecular formula is C32H33Cl2F3N4O3. The standard InChI is InChI=1S/C32H33Cl2F3N4O3/c1-6-44-26-15-25-24(13-21(26)29(42)38-16-18-9-7-8-10-22(18)32(35,36)37)40-27(41(25)5)14-20-23(33)12-11-19(28(20)34)17-39-30(43)31(2,3)4/h7-13,15H,6,14,16-17H2,1-5H3,(H,38,42)(H,39,43). The number of hydrogen-bond acceptors (Lipinski definition) is 4. The van der Waals surface area contributed by atoms with Gasteiger partial charge in [-0.3, -0.25) is 9.59 Å². The monoisotopic (exact) mass is 648 g/mol. The van der Waals surface area contributed by atoms with Crippen molar-refractivity contribution in [3.63, 3.8) is 0 Å². The van der Waals surface area contributed by atoms with Crippen LogP contribution in [0, 0.1) is 5.41 Å². The van der Waals surface area contributed by atoms with Crippen molar-refractivity contribution >= 4 is 46.0 Å². The number of amides is 2. The van der Waals surface area contributed by atoms with E-state index in [1.165, 1.54) is 18.2 Å². The highest BCUT2D eigenvalue weighted by molar-refractivity contribution is 6.36. The Morgan fingerprint density at radius 3 is 2.32 bits per heavy atom. The summed E-state index contributed by atoms with van der Waals surface area (Å²) in [4.78, 5) is 30.3. The Kier molecular flexibility index (Phi) is 9.85. The van der Waals surface area contributed by atoms with Crippen LogP contribution < -0.4 is 15.4 Å². The molecule has 1 heterocycles. The van der Waals surface area contributed by atoms with Crippen LogP contribution in [0.4, 0.5) is 13.2 Å². The van der Waals surface area contributed by atoms with Crippen LogP contribution in [0.1, 0.15) is 66.1 Å². The molecule has 12 heteroatoms. The zero-order valence-corrected chi connectivity index (χ0v) is 26.5. The Balaban J connectivity index is 1.63. The van der Waals surface area contributed by atoms with E-state index in [2.05, 4.69) is 10.6 Å². The van der Waals surface area contributed by atoms with Crippen LogP contribution in [0.15, 0.2) is 48.5 Å². The molecule has 0 spiro atoms. The maximum atomic E-state index is 13.4. The first-order chi connectivity index (χ1) is 20.6. The van der Waals surface area contributed by atoms with Crippen LogP contribution in [-0.2, 0) is 37.5 Å². The van der Waals surface area contributed by atoms with Crippen LogP contribution in [0.2, 0.25) is 10.0 Å². The van der Waals surface area contributed by atoms with Crippen LogP contribution in [0.5, 0.6) is 5.75 Å². The first-order valence-corrected chi connectivity index (χ1v) is 14.7. The normalized spacial score (nSPS) is 12.0. The molecule has 3 aromatic carbocycles. The summed E-state index contributed by atoms with van der Waals surface area (Å²) in [6.07, 6.45) is -4.30. The summed E-state index contributed by atoms with van der Waals surface area (Å²) in [6.45, 7) is 7.39. The third-order valence-electron chi connectivity index (χ3n) is 7.10. The lowest BCUT2D eigenvalue weighted by molar-refractivity contribution is -0.138. The number of halogens is 5. The van der Waals surface area contributed by atoms with Crippen LogP contribution in [-0.4, -0.2) is 28.0 Å². The van der Waals surface area contributed by atoms with Gasteiger partial charge in [0.05, 0.1) is 33.8 Å². The summed E-state index contributed by atoms with van der Waals surface area (Å²) in [6, 6.07) is 11.8. The number of ether oxygens (including phenoxy) is 1. The van der Waals surface area contributed by atoms with Crippen molar-refractivity contribution in [3.05, 3.63) is 92.2 Å².